The van der Waals surface area contributed by atoms with Gasteiger partial charge in [-0.2, -0.15) is 0 Å². The van der Waals surface area contributed by atoms with E-state index in [0.29, 0.717) is 11.7 Å². The highest BCUT2D eigenvalue weighted by molar-refractivity contribution is 5.55. The lowest BCUT2D eigenvalue weighted by molar-refractivity contribution is 0.305. The maximum absolute atomic E-state index is 13.0. The van der Waals surface area contributed by atoms with Crippen LogP contribution in [0.25, 0.3) is 11.3 Å². The second kappa shape index (κ2) is 7.13. The van der Waals surface area contributed by atoms with E-state index in [-0.39, 0.29) is 18.0 Å². The Bertz CT molecular complexity index is 1300. The lowest BCUT2D eigenvalue weighted by atomic mass is 10.2. The quantitative estimate of drug-likeness (QED) is 0.485. The molecule has 1 saturated carbocycles. The molecule has 1 aliphatic rings. The van der Waals surface area contributed by atoms with Crippen molar-refractivity contribution in [3.05, 3.63) is 93.5 Å². The van der Waals surface area contributed by atoms with Crippen molar-refractivity contribution in [2.24, 2.45) is 0 Å². The van der Waals surface area contributed by atoms with E-state index in [9.17, 15) is 9.18 Å². The molecule has 0 spiro atoms. The third-order valence-corrected chi connectivity index (χ3v) is 5.62. The Balaban J connectivity index is 1.44. The number of halogens is 1. The highest BCUT2D eigenvalue weighted by Crippen LogP contribution is 2.41. The van der Waals surface area contributed by atoms with Crippen molar-refractivity contribution in [3.63, 3.8) is 0 Å². The molecule has 5 rings (SSSR count). The molecule has 3 heterocycles. The first-order valence-corrected chi connectivity index (χ1v) is 10.1. The van der Waals surface area contributed by atoms with Gasteiger partial charge in [0.05, 0.1) is 11.4 Å². The Hall–Kier alpha value is -3.41. The van der Waals surface area contributed by atoms with E-state index in [1.54, 1.807) is 29.0 Å². The van der Waals surface area contributed by atoms with Gasteiger partial charge in [0.15, 0.2) is 0 Å². The standard InChI is InChI=1S/C24H22FN3O2/c1-15-11-20(13-28-16(2)23(18-5-6-18)26-24(15)28)27-10-9-21(12-22(27)29)30-14-17-3-7-19(25)8-4-17/h3-4,7-13,18H,5-6,14H2,1-2H3. The fraction of sp³-hybridized carbons (Fsp3) is 0.250. The van der Waals surface area contributed by atoms with Crippen LogP contribution in [0.5, 0.6) is 5.75 Å². The maximum atomic E-state index is 13.0. The van der Waals surface area contributed by atoms with Crippen molar-refractivity contribution in [3.8, 4) is 11.4 Å². The predicted octanol–water partition coefficient (Wildman–Crippen LogP) is 4.70. The summed E-state index contributed by atoms with van der Waals surface area (Å²) in [7, 11) is 0. The second-order valence-corrected chi connectivity index (χ2v) is 7.92. The predicted molar refractivity (Wildman–Crippen MR) is 113 cm³/mol. The molecule has 1 aromatic carbocycles. The minimum absolute atomic E-state index is 0.175. The van der Waals surface area contributed by atoms with Crippen molar-refractivity contribution < 1.29 is 9.13 Å². The molecule has 6 heteroatoms. The largest absolute Gasteiger partial charge is 0.489 e. The van der Waals surface area contributed by atoms with Crippen LogP contribution in [0.4, 0.5) is 4.39 Å². The average molecular weight is 403 g/mol. The second-order valence-electron chi connectivity index (χ2n) is 7.92. The number of hydrogen-bond acceptors (Lipinski definition) is 3. The lowest BCUT2D eigenvalue weighted by Crippen LogP contribution is -2.17. The number of benzene rings is 1. The Morgan fingerprint density at radius 3 is 2.60 bits per heavy atom. The van der Waals surface area contributed by atoms with Gasteiger partial charge in [-0.1, -0.05) is 12.1 Å². The van der Waals surface area contributed by atoms with Gasteiger partial charge in [0.1, 0.15) is 23.8 Å². The molecule has 0 atom stereocenters. The number of imidazole rings is 1. The summed E-state index contributed by atoms with van der Waals surface area (Å²) in [5.74, 6) is 0.771. The fourth-order valence-electron chi connectivity index (χ4n) is 3.81. The molecule has 152 valence electrons. The van der Waals surface area contributed by atoms with E-state index in [1.807, 2.05) is 19.2 Å². The van der Waals surface area contributed by atoms with Gasteiger partial charge in [0.2, 0.25) is 0 Å². The zero-order chi connectivity index (χ0) is 20.8. The summed E-state index contributed by atoms with van der Waals surface area (Å²) in [5.41, 5.74) is 5.75. The first kappa shape index (κ1) is 18.6. The molecule has 0 aliphatic heterocycles. The Kier molecular flexibility index (Phi) is 4.42. The maximum Gasteiger partial charge on any atom is 0.258 e. The number of pyridine rings is 2. The third kappa shape index (κ3) is 3.38. The van der Waals surface area contributed by atoms with Crippen LogP contribution in [-0.4, -0.2) is 14.0 Å². The number of aromatic nitrogens is 3. The molecule has 0 radical (unpaired) electrons. The summed E-state index contributed by atoms with van der Waals surface area (Å²) < 4.78 is 22.4. The van der Waals surface area contributed by atoms with Gasteiger partial charge < -0.3 is 9.14 Å². The van der Waals surface area contributed by atoms with E-state index >= 15 is 0 Å². The third-order valence-electron chi connectivity index (χ3n) is 5.62. The van der Waals surface area contributed by atoms with Crippen LogP contribution in [0.15, 0.2) is 59.7 Å². The van der Waals surface area contributed by atoms with Gasteiger partial charge in [-0.05, 0) is 62.1 Å². The van der Waals surface area contributed by atoms with Crippen LogP contribution in [0, 0.1) is 19.7 Å². The molecule has 5 nitrogen and oxygen atoms in total. The molecule has 30 heavy (non-hydrogen) atoms. The van der Waals surface area contributed by atoms with Gasteiger partial charge >= 0.3 is 0 Å². The molecule has 0 N–H and O–H groups in total. The zero-order valence-corrected chi connectivity index (χ0v) is 16.9. The molecule has 1 fully saturated rings. The molecule has 4 aromatic rings. The van der Waals surface area contributed by atoms with E-state index in [1.165, 1.54) is 36.7 Å². The number of fused-ring (bicyclic) bond motifs is 1. The van der Waals surface area contributed by atoms with Crippen LogP contribution in [-0.2, 0) is 6.61 Å². The van der Waals surface area contributed by atoms with E-state index in [2.05, 4.69) is 11.3 Å². The summed E-state index contributed by atoms with van der Waals surface area (Å²) in [6.45, 7) is 4.38. The monoisotopic (exact) mass is 403 g/mol. The van der Waals surface area contributed by atoms with Crippen molar-refractivity contribution >= 4 is 5.65 Å². The number of aryl methyl sites for hydroxylation is 2. The van der Waals surface area contributed by atoms with Gasteiger partial charge in [-0.15, -0.1) is 0 Å². The molecule has 0 unspecified atom stereocenters. The van der Waals surface area contributed by atoms with Crippen LogP contribution in [0.1, 0.15) is 41.3 Å². The summed E-state index contributed by atoms with van der Waals surface area (Å²) in [4.78, 5) is 17.6. The highest BCUT2D eigenvalue weighted by atomic mass is 19.1. The van der Waals surface area contributed by atoms with E-state index in [0.717, 1.165) is 28.2 Å². The smallest absolute Gasteiger partial charge is 0.258 e. The summed E-state index contributed by atoms with van der Waals surface area (Å²) in [6, 6.07) is 11.3. The number of ether oxygens (including phenoxy) is 1. The minimum Gasteiger partial charge on any atom is -0.489 e. The first-order valence-electron chi connectivity index (χ1n) is 10.1. The summed E-state index contributed by atoms with van der Waals surface area (Å²) in [6.07, 6.45) is 6.10. The minimum atomic E-state index is -0.286. The van der Waals surface area contributed by atoms with Gasteiger partial charge in [0.25, 0.3) is 5.56 Å². The first-order chi connectivity index (χ1) is 14.5. The highest BCUT2D eigenvalue weighted by Gasteiger charge is 2.29. The van der Waals surface area contributed by atoms with Crippen molar-refractivity contribution in [1.82, 2.24) is 14.0 Å². The van der Waals surface area contributed by atoms with Gasteiger partial charge in [-0.25, -0.2) is 9.37 Å². The van der Waals surface area contributed by atoms with Crippen LogP contribution in [0.2, 0.25) is 0 Å². The molecule has 0 bridgehead atoms. The molecule has 1 aliphatic carbocycles. The normalized spacial score (nSPS) is 13.7. The van der Waals surface area contributed by atoms with Crippen molar-refractivity contribution in [2.75, 3.05) is 0 Å². The molecular weight excluding hydrogens is 381 g/mol. The summed E-state index contributed by atoms with van der Waals surface area (Å²) in [5, 5.41) is 0. The van der Waals surface area contributed by atoms with Gasteiger partial charge in [-0.3, -0.25) is 9.36 Å². The van der Waals surface area contributed by atoms with Crippen LogP contribution < -0.4 is 10.3 Å². The number of nitrogens with zero attached hydrogens (tertiary/aromatic N) is 3. The van der Waals surface area contributed by atoms with E-state index < -0.39 is 0 Å². The number of rotatable bonds is 5. The molecule has 3 aromatic heterocycles. The molecule has 0 saturated heterocycles. The molecule has 0 amide bonds. The van der Waals surface area contributed by atoms with E-state index in [4.69, 9.17) is 9.72 Å². The zero-order valence-electron chi connectivity index (χ0n) is 16.9. The van der Waals surface area contributed by atoms with Gasteiger partial charge in [0, 0.05) is 30.1 Å². The summed E-state index contributed by atoms with van der Waals surface area (Å²) >= 11 is 0. The van der Waals surface area contributed by atoms with Crippen molar-refractivity contribution in [2.45, 2.75) is 39.2 Å². The Morgan fingerprint density at radius 2 is 1.90 bits per heavy atom. The fourth-order valence-corrected chi connectivity index (χ4v) is 3.81. The van der Waals surface area contributed by atoms with Crippen LogP contribution in [0.3, 0.4) is 0 Å². The number of hydrogen-bond donors (Lipinski definition) is 0. The van der Waals surface area contributed by atoms with Crippen molar-refractivity contribution in [1.29, 1.82) is 0 Å². The SMILES string of the molecule is Cc1cc(-n2ccc(OCc3ccc(F)cc3)cc2=O)cn2c(C)c(C3CC3)nc12. The lowest BCUT2D eigenvalue weighted by Gasteiger charge is -2.11. The Labute approximate surface area is 173 Å². The average Bonchev–Trinajstić information content (AvgIpc) is 3.52. The molecular formula is C24H22FN3O2. The Morgan fingerprint density at radius 1 is 1.13 bits per heavy atom. The topological polar surface area (TPSA) is 48.5 Å². The van der Waals surface area contributed by atoms with Crippen LogP contribution >= 0.6 is 0 Å².